The smallest absolute Gasteiger partial charge is 0.381 e. The van der Waals surface area contributed by atoms with Gasteiger partial charge >= 0.3 is 5.97 Å². The van der Waals surface area contributed by atoms with E-state index in [2.05, 4.69) is 0 Å². The van der Waals surface area contributed by atoms with Crippen LogP contribution >= 0.6 is 0 Å². The molecular weight excluding hydrogens is 254 g/mol. The fraction of sp³-hybridized carbons (Fsp3) is 0.375. The number of aromatic nitrogens is 1. The van der Waals surface area contributed by atoms with Crippen molar-refractivity contribution in [2.75, 3.05) is 6.61 Å². The summed E-state index contributed by atoms with van der Waals surface area (Å²) in [5.74, 6) is -1.36. The Labute approximate surface area is 118 Å². The van der Waals surface area contributed by atoms with Crippen molar-refractivity contribution in [1.82, 2.24) is 4.57 Å². The zero-order chi connectivity index (χ0) is 14.9. The van der Waals surface area contributed by atoms with Crippen LogP contribution in [0.15, 0.2) is 18.2 Å². The molecule has 0 radical (unpaired) electrons. The van der Waals surface area contributed by atoms with Crippen molar-refractivity contribution in [3.8, 4) is 0 Å². The van der Waals surface area contributed by atoms with Gasteiger partial charge in [0.1, 0.15) is 5.69 Å². The largest absolute Gasteiger partial charge is 0.460 e. The van der Waals surface area contributed by atoms with Crippen molar-refractivity contribution in [2.24, 2.45) is 0 Å². The number of ketones is 1. The number of carbonyl (C=O) groups excluding carboxylic acids is 2. The molecule has 0 amide bonds. The molecule has 106 valence electrons. The molecule has 0 aliphatic rings. The van der Waals surface area contributed by atoms with Crippen molar-refractivity contribution < 1.29 is 14.3 Å². The van der Waals surface area contributed by atoms with Crippen LogP contribution in [-0.2, 0) is 16.1 Å². The molecule has 1 aromatic carbocycles. The van der Waals surface area contributed by atoms with E-state index in [1.165, 1.54) is 0 Å². The Balaban J connectivity index is 2.66. The highest BCUT2D eigenvalue weighted by atomic mass is 16.5. The Morgan fingerprint density at radius 1 is 1.20 bits per heavy atom. The summed E-state index contributed by atoms with van der Waals surface area (Å²) in [6.45, 7) is 8.37. The van der Waals surface area contributed by atoms with Gasteiger partial charge in [-0.05, 0) is 45.4 Å². The minimum atomic E-state index is -0.787. The van der Waals surface area contributed by atoms with Gasteiger partial charge in [-0.1, -0.05) is 11.6 Å². The number of rotatable bonds is 4. The molecule has 2 aromatic rings. The topological polar surface area (TPSA) is 48.3 Å². The normalized spacial score (nSPS) is 10.8. The second-order valence-electron chi connectivity index (χ2n) is 4.79. The van der Waals surface area contributed by atoms with Gasteiger partial charge in [0.2, 0.25) is 0 Å². The molecule has 0 atom stereocenters. The highest BCUT2D eigenvalue weighted by molar-refractivity contribution is 6.41. The summed E-state index contributed by atoms with van der Waals surface area (Å²) in [7, 11) is 0. The minimum absolute atomic E-state index is 0.203. The van der Waals surface area contributed by atoms with Crippen LogP contribution in [0.2, 0.25) is 0 Å². The minimum Gasteiger partial charge on any atom is -0.460 e. The second-order valence-corrected chi connectivity index (χ2v) is 4.79. The maximum absolute atomic E-state index is 12.3. The number of fused-ring (bicyclic) bond motifs is 1. The summed E-state index contributed by atoms with van der Waals surface area (Å²) in [5.41, 5.74) is 3.38. The Morgan fingerprint density at radius 3 is 2.50 bits per heavy atom. The lowest BCUT2D eigenvalue weighted by molar-refractivity contribution is -0.137. The molecule has 0 N–H and O–H groups in total. The summed E-state index contributed by atoms with van der Waals surface area (Å²) < 4.78 is 6.71. The number of hydrogen-bond acceptors (Lipinski definition) is 3. The lowest BCUT2D eigenvalue weighted by Crippen LogP contribution is -2.21. The first kappa shape index (κ1) is 14.3. The third kappa shape index (κ3) is 2.22. The van der Waals surface area contributed by atoms with Crippen LogP contribution in [0.1, 0.15) is 35.5 Å². The molecule has 1 aromatic heterocycles. The number of ether oxygens (including phenoxy) is 1. The molecule has 2 rings (SSSR count). The molecule has 0 fully saturated rings. The maximum atomic E-state index is 12.3. The Hall–Kier alpha value is -2.10. The Bertz CT molecular complexity index is 683. The predicted octanol–water partition coefficient (Wildman–Crippen LogP) is 3.02. The summed E-state index contributed by atoms with van der Waals surface area (Å²) in [4.78, 5) is 24.0. The van der Waals surface area contributed by atoms with Crippen molar-refractivity contribution in [2.45, 2.75) is 34.2 Å². The standard InChI is InChI=1S/C16H19NO3/c1-5-17-13-8-7-10(3)9-12(13)11(4)14(17)15(18)16(19)20-6-2/h7-9H,5-6H2,1-4H3. The van der Waals surface area contributed by atoms with E-state index in [9.17, 15) is 9.59 Å². The molecule has 0 aliphatic carbocycles. The van der Waals surface area contributed by atoms with Crippen molar-refractivity contribution in [1.29, 1.82) is 0 Å². The molecule has 0 saturated heterocycles. The molecule has 4 heteroatoms. The highest BCUT2D eigenvalue weighted by Crippen LogP contribution is 2.27. The molecule has 0 saturated carbocycles. The average molecular weight is 273 g/mol. The molecule has 0 bridgehead atoms. The van der Waals surface area contributed by atoms with Gasteiger partial charge in [0.05, 0.1) is 6.61 Å². The van der Waals surface area contributed by atoms with E-state index < -0.39 is 11.8 Å². The zero-order valence-electron chi connectivity index (χ0n) is 12.3. The zero-order valence-corrected chi connectivity index (χ0v) is 12.3. The predicted molar refractivity (Wildman–Crippen MR) is 78.0 cm³/mol. The molecule has 4 nitrogen and oxygen atoms in total. The van der Waals surface area contributed by atoms with Crippen LogP contribution in [-0.4, -0.2) is 22.9 Å². The number of esters is 1. The fourth-order valence-corrected chi connectivity index (χ4v) is 2.55. The van der Waals surface area contributed by atoms with E-state index in [-0.39, 0.29) is 6.61 Å². The van der Waals surface area contributed by atoms with Crippen molar-refractivity contribution in [3.05, 3.63) is 35.0 Å². The van der Waals surface area contributed by atoms with E-state index in [4.69, 9.17) is 4.74 Å². The summed E-state index contributed by atoms with van der Waals surface area (Å²) in [5, 5.41) is 1.01. The van der Waals surface area contributed by atoms with E-state index in [1.807, 2.05) is 43.5 Å². The SMILES string of the molecule is CCOC(=O)C(=O)c1c(C)c2cc(C)ccc2n1CC. The summed E-state index contributed by atoms with van der Waals surface area (Å²) in [6, 6.07) is 6.04. The molecule has 1 heterocycles. The average Bonchev–Trinajstić information content (AvgIpc) is 2.70. The number of nitrogens with zero attached hydrogens (tertiary/aromatic N) is 1. The van der Waals surface area contributed by atoms with Gasteiger partial charge in [-0.3, -0.25) is 4.79 Å². The van der Waals surface area contributed by atoms with Crippen molar-refractivity contribution in [3.63, 3.8) is 0 Å². The van der Waals surface area contributed by atoms with E-state index in [0.717, 1.165) is 22.0 Å². The lowest BCUT2D eigenvalue weighted by atomic mass is 10.1. The van der Waals surface area contributed by atoms with Gasteiger partial charge in [-0.15, -0.1) is 0 Å². The van der Waals surface area contributed by atoms with Crippen LogP contribution in [0.4, 0.5) is 0 Å². The van der Waals surface area contributed by atoms with Crippen LogP contribution in [0.5, 0.6) is 0 Å². The highest BCUT2D eigenvalue weighted by Gasteiger charge is 2.25. The molecular formula is C16H19NO3. The third-order valence-electron chi connectivity index (χ3n) is 3.46. The Kier molecular flexibility index (Phi) is 3.93. The van der Waals surface area contributed by atoms with Gasteiger partial charge in [0.15, 0.2) is 0 Å². The Morgan fingerprint density at radius 2 is 1.90 bits per heavy atom. The maximum Gasteiger partial charge on any atom is 0.381 e. The van der Waals surface area contributed by atoms with Gasteiger partial charge in [0, 0.05) is 17.4 Å². The second kappa shape index (κ2) is 5.49. The lowest BCUT2D eigenvalue weighted by Gasteiger charge is -2.07. The van der Waals surface area contributed by atoms with Crippen LogP contribution < -0.4 is 0 Å². The first-order chi connectivity index (χ1) is 9.51. The number of aryl methyl sites for hydroxylation is 3. The summed E-state index contributed by atoms with van der Waals surface area (Å²) in [6.07, 6.45) is 0. The van der Waals surface area contributed by atoms with Gasteiger partial charge in [-0.2, -0.15) is 0 Å². The number of benzene rings is 1. The first-order valence-corrected chi connectivity index (χ1v) is 6.82. The molecule has 0 unspecified atom stereocenters. The van der Waals surface area contributed by atoms with Crippen molar-refractivity contribution >= 4 is 22.7 Å². The molecule has 0 aliphatic heterocycles. The van der Waals surface area contributed by atoms with Crippen LogP contribution in [0.3, 0.4) is 0 Å². The van der Waals surface area contributed by atoms with Gasteiger partial charge < -0.3 is 9.30 Å². The van der Waals surface area contributed by atoms with Gasteiger partial charge in [-0.25, -0.2) is 4.79 Å². The third-order valence-corrected chi connectivity index (χ3v) is 3.46. The molecule has 0 spiro atoms. The quantitative estimate of drug-likeness (QED) is 0.489. The van der Waals surface area contributed by atoms with E-state index >= 15 is 0 Å². The number of hydrogen-bond donors (Lipinski definition) is 0. The van der Waals surface area contributed by atoms with Gasteiger partial charge in [0.25, 0.3) is 5.78 Å². The van der Waals surface area contributed by atoms with Crippen LogP contribution in [0, 0.1) is 13.8 Å². The molecule has 20 heavy (non-hydrogen) atoms. The fourth-order valence-electron chi connectivity index (χ4n) is 2.55. The number of Topliss-reactive ketones (excluding diaryl/α,β-unsaturated/α-hetero) is 1. The summed E-state index contributed by atoms with van der Waals surface area (Å²) >= 11 is 0. The van der Waals surface area contributed by atoms with E-state index in [1.54, 1.807) is 6.92 Å². The number of carbonyl (C=O) groups is 2. The first-order valence-electron chi connectivity index (χ1n) is 6.82. The van der Waals surface area contributed by atoms with E-state index in [0.29, 0.717) is 12.2 Å². The monoisotopic (exact) mass is 273 g/mol. The van der Waals surface area contributed by atoms with Crippen LogP contribution in [0.25, 0.3) is 10.9 Å².